The molecule has 15 heteroatoms. The van der Waals surface area contributed by atoms with Crippen LogP contribution in [0.5, 0.6) is 5.75 Å². The third-order valence-corrected chi connectivity index (χ3v) is 9.14. The van der Waals surface area contributed by atoms with Crippen LogP contribution in [0.1, 0.15) is 70.8 Å². The predicted octanol–water partition coefficient (Wildman–Crippen LogP) is 6.98. The molecule has 1 saturated heterocycles. The molecule has 0 aliphatic carbocycles. The summed E-state index contributed by atoms with van der Waals surface area (Å²) in [5.74, 6) is -1.86. The quantitative estimate of drug-likeness (QED) is 0.0900. The molecule has 1 amide bonds. The van der Waals surface area contributed by atoms with Crippen LogP contribution in [-0.4, -0.2) is 93.2 Å². The Balaban J connectivity index is 2.15. The predicted molar refractivity (Wildman–Crippen MR) is 195 cm³/mol. The number of benzene rings is 1. The SMILES string of the molecule is C=CCOP(=O)(OCC=C)OCCN(C(=O)OC(C)(C)C)c1cc2c(c(OCOC)c1)C(=O)O[C@@H](C)[C@H](C)/C=C\[C@@H](O)[C@H]1OC(C)(C)O[C@H]1CC=C2. The van der Waals surface area contributed by atoms with Gasteiger partial charge in [-0.25, -0.2) is 14.2 Å². The highest BCUT2D eigenvalue weighted by Crippen LogP contribution is 2.49. The van der Waals surface area contributed by atoms with Crippen molar-refractivity contribution in [2.45, 2.75) is 90.7 Å². The molecule has 5 atom stereocenters. The van der Waals surface area contributed by atoms with Crippen molar-refractivity contribution < 1.29 is 61.3 Å². The Bertz CT molecular complexity index is 1480. The third-order valence-electron chi connectivity index (χ3n) is 7.71. The van der Waals surface area contributed by atoms with Gasteiger partial charge in [0.25, 0.3) is 0 Å². The Morgan fingerprint density at radius 1 is 1.10 bits per heavy atom. The highest BCUT2D eigenvalue weighted by atomic mass is 31.2. The van der Waals surface area contributed by atoms with Gasteiger partial charge in [0.1, 0.15) is 35.2 Å². The van der Waals surface area contributed by atoms with Gasteiger partial charge in [-0.1, -0.05) is 43.4 Å². The van der Waals surface area contributed by atoms with Crippen LogP contribution in [0, 0.1) is 5.92 Å². The summed E-state index contributed by atoms with van der Waals surface area (Å²) in [6, 6.07) is 3.08. The topological polar surface area (TPSA) is 158 Å². The summed E-state index contributed by atoms with van der Waals surface area (Å²) in [6.07, 6.45) is 6.38. The lowest BCUT2D eigenvalue weighted by molar-refractivity contribution is -0.152. The molecule has 0 saturated carbocycles. The largest absolute Gasteiger partial charge is 0.475 e. The van der Waals surface area contributed by atoms with Gasteiger partial charge in [0.15, 0.2) is 12.6 Å². The number of rotatable bonds is 14. The molecule has 52 heavy (non-hydrogen) atoms. The molecule has 1 fully saturated rings. The summed E-state index contributed by atoms with van der Waals surface area (Å²) in [6.45, 7) is 18.5. The van der Waals surface area contributed by atoms with E-state index in [1.165, 1.54) is 30.2 Å². The second-order valence-electron chi connectivity index (χ2n) is 13.7. The number of methoxy groups -OCH3 is 1. The normalized spacial score (nSPS) is 24.1. The smallest absolute Gasteiger partial charge is 0.467 e. The zero-order valence-electron chi connectivity index (χ0n) is 31.4. The maximum Gasteiger partial charge on any atom is 0.475 e. The number of aliphatic hydroxyl groups excluding tert-OH is 1. The van der Waals surface area contributed by atoms with Gasteiger partial charge >= 0.3 is 19.9 Å². The molecular formula is C37H54NO13P. The maximum absolute atomic E-state index is 13.9. The van der Waals surface area contributed by atoms with E-state index in [2.05, 4.69) is 13.2 Å². The van der Waals surface area contributed by atoms with Gasteiger partial charge < -0.3 is 33.5 Å². The van der Waals surface area contributed by atoms with Crippen molar-refractivity contribution in [3.63, 3.8) is 0 Å². The number of cyclic esters (lactones) is 1. The lowest BCUT2D eigenvalue weighted by Crippen LogP contribution is -2.39. The number of ether oxygens (including phenoxy) is 6. The fraction of sp³-hybridized carbons (Fsp3) is 0.568. The summed E-state index contributed by atoms with van der Waals surface area (Å²) in [5.41, 5.74) is -0.231. The number of fused-ring (bicyclic) bond motifs is 2. The van der Waals surface area contributed by atoms with Crippen LogP contribution >= 0.6 is 7.82 Å². The Morgan fingerprint density at radius 3 is 2.38 bits per heavy atom. The number of esters is 1. The first-order chi connectivity index (χ1) is 24.4. The van der Waals surface area contributed by atoms with Gasteiger partial charge in [-0.05, 0) is 59.6 Å². The van der Waals surface area contributed by atoms with Crippen molar-refractivity contribution in [3.05, 3.63) is 66.8 Å². The molecule has 2 aliphatic rings. The summed E-state index contributed by atoms with van der Waals surface area (Å²) in [4.78, 5) is 28.9. The maximum atomic E-state index is 13.9. The molecule has 290 valence electrons. The highest BCUT2D eigenvalue weighted by molar-refractivity contribution is 7.48. The van der Waals surface area contributed by atoms with E-state index in [0.717, 1.165) is 0 Å². The van der Waals surface area contributed by atoms with Crippen molar-refractivity contribution >= 4 is 31.6 Å². The molecule has 14 nitrogen and oxygen atoms in total. The van der Waals surface area contributed by atoms with Crippen LogP contribution in [-0.2, 0) is 41.8 Å². The van der Waals surface area contributed by atoms with E-state index in [1.54, 1.807) is 71.9 Å². The summed E-state index contributed by atoms with van der Waals surface area (Å²) in [7, 11) is -2.64. The summed E-state index contributed by atoms with van der Waals surface area (Å²) < 4.78 is 64.3. The second-order valence-corrected chi connectivity index (χ2v) is 15.3. The van der Waals surface area contributed by atoms with Crippen LogP contribution < -0.4 is 9.64 Å². The lowest BCUT2D eigenvalue weighted by atomic mass is 9.98. The minimum absolute atomic E-state index is 0.0603. The first kappa shape index (κ1) is 43.1. The molecule has 1 aromatic carbocycles. The molecule has 2 aliphatic heterocycles. The molecule has 1 aromatic rings. The molecule has 0 unspecified atom stereocenters. The van der Waals surface area contributed by atoms with E-state index in [9.17, 15) is 19.3 Å². The highest BCUT2D eigenvalue weighted by Gasteiger charge is 2.43. The van der Waals surface area contributed by atoms with E-state index >= 15 is 0 Å². The Hall–Kier alpha value is -3.33. The average Bonchev–Trinajstić information content (AvgIpc) is 3.38. The zero-order valence-corrected chi connectivity index (χ0v) is 32.3. The van der Waals surface area contributed by atoms with E-state index in [-0.39, 0.29) is 56.1 Å². The van der Waals surface area contributed by atoms with Crippen LogP contribution in [0.15, 0.2) is 55.7 Å². The van der Waals surface area contributed by atoms with Gasteiger partial charge in [-0.15, -0.1) is 13.2 Å². The number of carbonyl (C=O) groups excluding carboxylic acids is 2. The molecule has 0 radical (unpaired) electrons. The van der Waals surface area contributed by atoms with Crippen molar-refractivity contribution in [3.8, 4) is 5.75 Å². The number of carbonyl (C=O) groups is 2. The van der Waals surface area contributed by atoms with Crippen molar-refractivity contribution in [2.75, 3.05) is 45.2 Å². The second kappa shape index (κ2) is 19.1. The number of phosphoric ester groups is 1. The van der Waals surface area contributed by atoms with Gasteiger partial charge in [0.05, 0.1) is 38.2 Å². The number of anilines is 1. The first-order valence-electron chi connectivity index (χ1n) is 17.1. The van der Waals surface area contributed by atoms with E-state index < -0.39 is 55.7 Å². The number of hydrogen-bond acceptors (Lipinski definition) is 13. The van der Waals surface area contributed by atoms with Crippen LogP contribution in [0.2, 0.25) is 0 Å². The fourth-order valence-corrected chi connectivity index (χ4v) is 6.31. The minimum Gasteiger partial charge on any atom is -0.467 e. The first-order valence-corrected chi connectivity index (χ1v) is 18.5. The van der Waals surface area contributed by atoms with Gasteiger partial charge in [0, 0.05) is 19.1 Å². The Labute approximate surface area is 306 Å². The number of phosphoric acid groups is 1. The third kappa shape index (κ3) is 12.7. The lowest BCUT2D eigenvalue weighted by Gasteiger charge is -2.29. The van der Waals surface area contributed by atoms with Gasteiger partial charge in [-0.3, -0.25) is 18.5 Å². The fourth-order valence-electron chi connectivity index (χ4n) is 5.20. The molecule has 0 spiro atoms. The zero-order chi connectivity index (χ0) is 38.7. The van der Waals surface area contributed by atoms with Crippen molar-refractivity contribution in [1.29, 1.82) is 0 Å². The van der Waals surface area contributed by atoms with Crippen molar-refractivity contribution in [2.24, 2.45) is 5.92 Å². The van der Waals surface area contributed by atoms with Gasteiger partial charge in [-0.2, -0.15) is 0 Å². The molecule has 2 heterocycles. The van der Waals surface area contributed by atoms with E-state index in [1.807, 2.05) is 6.92 Å². The minimum atomic E-state index is -4.07. The van der Waals surface area contributed by atoms with E-state index in [0.29, 0.717) is 12.0 Å². The van der Waals surface area contributed by atoms with Crippen LogP contribution in [0.4, 0.5) is 10.5 Å². The standard InChI is InChI=1S/C37H54NO13P/c1-11-19-45-52(42,46-20-12-2)47-21-18-38(35(41)51-36(5,6)7)28-22-27-14-13-15-30-33(50-37(8,9)49-30)29(39)17-16-25(3)26(4)48-34(40)32(27)31(23-28)44-24-43-10/h11-14,16-17,22-23,25-26,29-30,33,39H,1-2,15,18-21,24H2,3-10H3/b14-13?,17-16-/t25-,26+,29-,30+,33-/m1/s1. The van der Waals surface area contributed by atoms with Gasteiger partial charge in [0.2, 0.25) is 0 Å². The van der Waals surface area contributed by atoms with Crippen molar-refractivity contribution in [1.82, 2.24) is 0 Å². The van der Waals surface area contributed by atoms with Crippen LogP contribution in [0.25, 0.3) is 6.08 Å². The number of nitrogens with zero attached hydrogens (tertiary/aromatic N) is 1. The number of amides is 1. The summed E-state index contributed by atoms with van der Waals surface area (Å²) >= 11 is 0. The number of hydrogen-bond donors (Lipinski definition) is 1. The summed E-state index contributed by atoms with van der Waals surface area (Å²) in [5, 5.41) is 11.0. The Kier molecular flexibility index (Phi) is 15.8. The van der Waals surface area contributed by atoms with Crippen LogP contribution in [0.3, 0.4) is 0 Å². The monoisotopic (exact) mass is 751 g/mol. The average molecular weight is 752 g/mol. The molecule has 0 bridgehead atoms. The molecule has 1 N–H and O–H groups in total. The number of aliphatic hydroxyl groups is 1. The molecular weight excluding hydrogens is 697 g/mol. The molecule has 0 aromatic heterocycles. The molecule has 3 rings (SSSR count). The Morgan fingerprint density at radius 2 is 1.77 bits per heavy atom. The van der Waals surface area contributed by atoms with E-state index in [4.69, 9.17) is 42.0 Å².